The molecular weight excluding hydrogens is 276 g/mol. The highest BCUT2D eigenvalue weighted by atomic mass is 16.3. The van der Waals surface area contributed by atoms with E-state index in [1.165, 1.54) is 5.56 Å². The summed E-state index contributed by atoms with van der Waals surface area (Å²) in [6.07, 6.45) is 4.98. The number of nitrogens with one attached hydrogen (secondary N) is 1. The summed E-state index contributed by atoms with van der Waals surface area (Å²) >= 11 is 0. The third-order valence-corrected chi connectivity index (χ3v) is 4.98. The third kappa shape index (κ3) is 3.07. The number of carbonyl (C=O) groups excluding carboxylic acids is 1. The van der Waals surface area contributed by atoms with Gasteiger partial charge in [-0.05, 0) is 24.3 Å². The zero-order valence-corrected chi connectivity index (χ0v) is 14.2. The van der Waals surface area contributed by atoms with Gasteiger partial charge in [-0.25, -0.2) is 0 Å². The van der Waals surface area contributed by atoms with Crippen LogP contribution >= 0.6 is 0 Å². The molecule has 0 saturated carbocycles. The Bertz CT molecular complexity index is 547. The van der Waals surface area contributed by atoms with Gasteiger partial charge in [0.2, 0.25) is 5.91 Å². The monoisotopic (exact) mass is 304 g/mol. The van der Waals surface area contributed by atoms with E-state index in [9.17, 15) is 4.79 Å². The van der Waals surface area contributed by atoms with Crippen molar-refractivity contribution in [2.24, 2.45) is 11.3 Å². The molecule has 4 nitrogen and oxygen atoms in total. The van der Waals surface area contributed by atoms with Crippen molar-refractivity contribution in [1.29, 1.82) is 0 Å². The standard InChI is InChI=1S/C18H28N2O2/c1-12(2)17(21)20-7-5-13(11-20)19-15-9-18(3,4)10-16-14(15)6-8-22-16/h6,8,12-13,15,19H,5,7,9-11H2,1-4H3/t13-,15+/m0/s1. The Morgan fingerprint density at radius 2 is 2.23 bits per heavy atom. The maximum absolute atomic E-state index is 12.1. The number of amides is 1. The molecule has 0 radical (unpaired) electrons. The fourth-order valence-electron chi connectivity index (χ4n) is 3.87. The second kappa shape index (κ2) is 5.73. The van der Waals surface area contributed by atoms with E-state index in [4.69, 9.17) is 4.42 Å². The largest absolute Gasteiger partial charge is 0.469 e. The molecular formula is C18H28N2O2. The van der Waals surface area contributed by atoms with Crippen LogP contribution in [0.2, 0.25) is 0 Å². The van der Waals surface area contributed by atoms with Crippen LogP contribution in [-0.4, -0.2) is 29.9 Å². The van der Waals surface area contributed by atoms with E-state index >= 15 is 0 Å². The number of hydrogen-bond donors (Lipinski definition) is 1. The maximum Gasteiger partial charge on any atom is 0.225 e. The van der Waals surface area contributed by atoms with Crippen LogP contribution in [0.3, 0.4) is 0 Å². The molecule has 2 heterocycles. The lowest BCUT2D eigenvalue weighted by molar-refractivity contribution is -0.133. The van der Waals surface area contributed by atoms with E-state index < -0.39 is 0 Å². The fourth-order valence-corrected chi connectivity index (χ4v) is 3.87. The molecule has 1 amide bonds. The number of likely N-dealkylation sites (tertiary alicyclic amines) is 1. The number of furan rings is 1. The summed E-state index contributed by atoms with van der Waals surface area (Å²) in [4.78, 5) is 14.1. The molecule has 2 aliphatic rings. The van der Waals surface area contributed by atoms with Gasteiger partial charge in [0, 0.05) is 43.1 Å². The van der Waals surface area contributed by atoms with Gasteiger partial charge in [-0.2, -0.15) is 0 Å². The lowest BCUT2D eigenvalue weighted by Gasteiger charge is -2.36. The molecule has 0 unspecified atom stereocenters. The van der Waals surface area contributed by atoms with Crippen LogP contribution in [0.25, 0.3) is 0 Å². The Morgan fingerprint density at radius 3 is 2.95 bits per heavy atom. The van der Waals surface area contributed by atoms with Crippen molar-refractivity contribution in [2.75, 3.05) is 13.1 Å². The second-order valence-corrected chi connectivity index (χ2v) is 7.99. The highest BCUT2D eigenvalue weighted by Crippen LogP contribution is 2.41. The van der Waals surface area contributed by atoms with Crippen LogP contribution in [0.1, 0.15) is 57.9 Å². The van der Waals surface area contributed by atoms with Gasteiger partial charge in [0.15, 0.2) is 0 Å². The lowest BCUT2D eigenvalue weighted by Crippen LogP contribution is -2.41. The van der Waals surface area contributed by atoms with Crippen molar-refractivity contribution in [3.05, 3.63) is 23.7 Å². The maximum atomic E-state index is 12.1. The van der Waals surface area contributed by atoms with Gasteiger partial charge >= 0.3 is 0 Å². The first kappa shape index (κ1) is 15.6. The Morgan fingerprint density at radius 1 is 1.45 bits per heavy atom. The van der Waals surface area contributed by atoms with Crippen LogP contribution in [-0.2, 0) is 11.2 Å². The van der Waals surface area contributed by atoms with Gasteiger partial charge in [0.05, 0.1) is 6.26 Å². The predicted molar refractivity (Wildman–Crippen MR) is 86.5 cm³/mol. The molecule has 1 aliphatic carbocycles. The van der Waals surface area contributed by atoms with Gasteiger partial charge in [-0.3, -0.25) is 4.79 Å². The smallest absolute Gasteiger partial charge is 0.225 e. The number of carbonyl (C=O) groups is 1. The molecule has 1 aromatic rings. The van der Waals surface area contributed by atoms with Gasteiger partial charge in [0.25, 0.3) is 0 Å². The van der Waals surface area contributed by atoms with Crippen molar-refractivity contribution >= 4 is 5.91 Å². The molecule has 1 N–H and O–H groups in total. The minimum atomic E-state index is 0.0906. The van der Waals surface area contributed by atoms with Crippen LogP contribution in [0.5, 0.6) is 0 Å². The van der Waals surface area contributed by atoms with Crippen molar-refractivity contribution in [1.82, 2.24) is 10.2 Å². The Kier molecular flexibility index (Phi) is 4.06. The fraction of sp³-hybridized carbons (Fsp3) is 0.722. The van der Waals surface area contributed by atoms with Crippen LogP contribution in [0.15, 0.2) is 16.7 Å². The molecule has 4 heteroatoms. The Hall–Kier alpha value is -1.29. The summed E-state index contributed by atoms with van der Waals surface area (Å²) in [6.45, 7) is 10.3. The molecule has 1 aliphatic heterocycles. The molecule has 0 bridgehead atoms. The first-order valence-corrected chi connectivity index (χ1v) is 8.47. The van der Waals surface area contributed by atoms with Crippen molar-refractivity contribution < 1.29 is 9.21 Å². The summed E-state index contributed by atoms with van der Waals surface area (Å²) in [5.41, 5.74) is 1.57. The average Bonchev–Trinajstić information content (AvgIpc) is 3.05. The molecule has 0 spiro atoms. The summed E-state index contributed by atoms with van der Waals surface area (Å²) in [6, 6.07) is 2.84. The number of rotatable bonds is 3. The highest BCUT2D eigenvalue weighted by molar-refractivity contribution is 5.78. The minimum Gasteiger partial charge on any atom is -0.469 e. The third-order valence-electron chi connectivity index (χ3n) is 4.98. The molecule has 0 aromatic carbocycles. The SMILES string of the molecule is CC(C)C(=O)N1CC[C@H](N[C@@H]2CC(C)(C)Cc3occc32)C1. The Labute approximate surface area is 133 Å². The van der Waals surface area contributed by atoms with Crippen molar-refractivity contribution in [2.45, 2.75) is 59.0 Å². The van der Waals surface area contributed by atoms with Crippen molar-refractivity contribution in [3.8, 4) is 0 Å². The van der Waals surface area contributed by atoms with E-state index in [0.717, 1.165) is 38.1 Å². The van der Waals surface area contributed by atoms with Crippen LogP contribution in [0.4, 0.5) is 0 Å². The van der Waals surface area contributed by atoms with E-state index in [1.807, 2.05) is 25.0 Å². The summed E-state index contributed by atoms with van der Waals surface area (Å²) in [5.74, 6) is 1.49. The Balaban J connectivity index is 1.66. The summed E-state index contributed by atoms with van der Waals surface area (Å²) < 4.78 is 5.67. The molecule has 1 fully saturated rings. The number of fused-ring (bicyclic) bond motifs is 1. The first-order chi connectivity index (χ1) is 10.4. The van der Waals surface area contributed by atoms with Crippen LogP contribution < -0.4 is 5.32 Å². The second-order valence-electron chi connectivity index (χ2n) is 7.99. The van der Waals surface area contributed by atoms with Crippen molar-refractivity contribution in [3.63, 3.8) is 0 Å². The zero-order chi connectivity index (χ0) is 15.9. The minimum absolute atomic E-state index is 0.0906. The average molecular weight is 304 g/mol. The van der Waals surface area contributed by atoms with E-state index in [2.05, 4.69) is 25.2 Å². The van der Waals surface area contributed by atoms with Crippen LogP contribution in [0, 0.1) is 11.3 Å². The first-order valence-electron chi connectivity index (χ1n) is 8.47. The van der Waals surface area contributed by atoms with E-state index in [-0.39, 0.29) is 17.2 Å². The normalized spacial score (nSPS) is 27.2. The molecule has 22 heavy (non-hydrogen) atoms. The number of hydrogen-bond acceptors (Lipinski definition) is 3. The lowest BCUT2D eigenvalue weighted by atomic mass is 9.74. The van der Waals surface area contributed by atoms with Gasteiger partial charge in [-0.15, -0.1) is 0 Å². The topological polar surface area (TPSA) is 45.5 Å². The highest BCUT2D eigenvalue weighted by Gasteiger charge is 2.36. The summed E-state index contributed by atoms with van der Waals surface area (Å²) in [7, 11) is 0. The van der Waals surface area contributed by atoms with E-state index in [0.29, 0.717) is 12.1 Å². The predicted octanol–water partition coefficient (Wildman–Crippen LogP) is 3.14. The van der Waals surface area contributed by atoms with Gasteiger partial charge in [-0.1, -0.05) is 27.7 Å². The zero-order valence-electron chi connectivity index (χ0n) is 14.2. The summed E-state index contributed by atoms with van der Waals surface area (Å²) in [5, 5.41) is 3.79. The van der Waals surface area contributed by atoms with E-state index in [1.54, 1.807) is 0 Å². The molecule has 3 rings (SSSR count). The molecule has 1 saturated heterocycles. The molecule has 1 aromatic heterocycles. The molecule has 2 atom stereocenters. The number of nitrogens with zero attached hydrogens (tertiary/aromatic N) is 1. The van der Waals surface area contributed by atoms with Gasteiger partial charge < -0.3 is 14.6 Å². The quantitative estimate of drug-likeness (QED) is 0.933. The molecule has 122 valence electrons. The van der Waals surface area contributed by atoms with Gasteiger partial charge in [0.1, 0.15) is 5.76 Å².